The molecule has 2 atom stereocenters. The van der Waals surface area contributed by atoms with Gasteiger partial charge in [0.05, 0.1) is 0 Å². The highest BCUT2D eigenvalue weighted by molar-refractivity contribution is 5.52. The minimum Gasteiger partial charge on any atom is -0.0872 e. The quantitative estimate of drug-likeness (QED) is 0.522. The second-order valence-electron chi connectivity index (χ2n) is 4.10. The molecule has 0 saturated heterocycles. The molecule has 2 aliphatic carbocycles. The zero-order chi connectivity index (χ0) is 8.84. The smallest absolute Gasteiger partial charge is 0.00574 e. The number of hydrogen-bond donors (Lipinski definition) is 0. The van der Waals surface area contributed by atoms with E-state index in [0.717, 1.165) is 11.8 Å². The van der Waals surface area contributed by atoms with E-state index in [1.807, 2.05) is 0 Å². The van der Waals surface area contributed by atoms with Crippen LogP contribution in [0.4, 0.5) is 0 Å². The first-order valence-electron chi connectivity index (χ1n) is 5.16. The van der Waals surface area contributed by atoms with Crippen LogP contribution in [0.3, 0.4) is 0 Å². The zero-order valence-electron chi connectivity index (χ0n) is 7.96. The van der Waals surface area contributed by atoms with Gasteiger partial charge in [-0.15, -0.1) is 0 Å². The van der Waals surface area contributed by atoms with Crippen molar-refractivity contribution in [1.29, 1.82) is 0 Å². The molecule has 1 saturated carbocycles. The molecule has 66 valence electrons. The number of rotatable bonds is 0. The van der Waals surface area contributed by atoms with Gasteiger partial charge in [-0.25, -0.2) is 0 Å². The summed E-state index contributed by atoms with van der Waals surface area (Å²) in [5, 5.41) is 0. The highest BCUT2D eigenvalue weighted by atomic mass is 14.4. The van der Waals surface area contributed by atoms with Crippen LogP contribution in [0.25, 0.3) is 0 Å². The Labute approximate surface area is 79.3 Å². The van der Waals surface area contributed by atoms with Crippen LogP contribution in [0.15, 0.2) is 35.9 Å². The molecular formula is C13H14. The van der Waals surface area contributed by atoms with Gasteiger partial charge in [-0.3, -0.25) is 0 Å². The van der Waals surface area contributed by atoms with Crippen LogP contribution < -0.4 is 0 Å². The molecule has 0 unspecified atom stereocenters. The van der Waals surface area contributed by atoms with Gasteiger partial charge in [0, 0.05) is 11.8 Å². The summed E-state index contributed by atoms with van der Waals surface area (Å²) in [5.41, 5.74) is 4.89. The van der Waals surface area contributed by atoms with Crippen molar-refractivity contribution in [3.63, 3.8) is 0 Å². The molecule has 2 aliphatic rings. The van der Waals surface area contributed by atoms with Gasteiger partial charge in [0.2, 0.25) is 0 Å². The summed E-state index contributed by atoms with van der Waals surface area (Å²) in [6.07, 6.45) is 5.09. The number of allylic oxidation sites excluding steroid dienone is 2. The van der Waals surface area contributed by atoms with Gasteiger partial charge < -0.3 is 0 Å². The molecule has 13 heavy (non-hydrogen) atoms. The van der Waals surface area contributed by atoms with Crippen molar-refractivity contribution in [1.82, 2.24) is 0 Å². The van der Waals surface area contributed by atoms with E-state index >= 15 is 0 Å². The Morgan fingerprint density at radius 3 is 2.08 bits per heavy atom. The van der Waals surface area contributed by atoms with Crippen molar-refractivity contribution >= 4 is 0 Å². The monoisotopic (exact) mass is 170 g/mol. The maximum absolute atomic E-state index is 2.34. The standard InChI is InChI=1S/C13H14/c1-2-9-12-7-8-13(9)11-6-4-3-5-10(11)12/h2-6,12-13H,7-8H2,1H3/t12-,13+. The molecule has 0 heterocycles. The largest absolute Gasteiger partial charge is 0.0872 e. The summed E-state index contributed by atoms with van der Waals surface area (Å²) in [6, 6.07) is 8.96. The molecule has 0 radical (unpaired) electrons. The molecule has 1 aromatic rings. The predicted molar refractivity (Wildman–Crippen MR) is 54.9 cm³/mol. The van der Waals surface area contributed by atoms with Gasteiger partial charge >= 0.3 is 0 Å². The minimum atomic E-state index is 0.770. The number of hydrogen-bond acceptors (Lipinski definition) is 0. The van der Waals surface area contributed by atoms with Gasteiger partial charge in [0.1, 0.15) is 0 Å². The molecule has 3 rings (SSSR count). The highest BCUT2D eigenvalue weighted by Crippen LogP contribution is 2.56. The number of benzene rings is 1. The molecule has 0 heteroatoms. The summed E-state index contributed by atoms with van der Waals surface area (Å²) in [4.78, 5) is 0. The SMILES string of the molecule is CC=C1[C@H]2CC[C@@H]1c1ccccc12. The van der Waals surface area contributed by atoms with Crippen LogP contribution in [0.1, 0.15) is 42.7 Å². The first kappa shape index (κ1) is 7.37. The summed E-state index contributed by atoms with van der Waals surface area (Å²) in [6.45, 7) is 2.19. The van der Waals surface area contributed by atoms with Crippen LogP contribution in [0, 0.1) is 0 Å². The lowest BCUT2D eigenvalue weighted by Crippen LogP contribution is -1.95. The van der Waals surface area contributed by atoms with E-state index in [1.165, 1.54) is 12.8 Å². The molecular weight excluding hydrogens is 156 g/mol. The average molecular weight is 170 g/mol. The Hall–Kier alpha value is -1.04. The first-order chi connectivity index (χ1) is 6.42. The third-order valence-electron chi connectivity index (χ3n) is 3.63. The highest BCUT2D eigenvalue weighted by Gasteiger charge is 2.40. The molecule has 1 fully saturated rings. The normalized spacial score (nSPS) is 32.5. The van der Waals surface area contributed by atoms with Crippen molar-refractivity contribution < 1.29 is 0 Å². The second-order valence-corrected chi connectivity index (χ2v) is 4.10. The van der Waals surface area contributed by atoms with Crippen molar-refractivity contribution in [3.05, 3.63) is 47.0 Å². The van der Waals surface area contributed by atoms with Crippen LogP contribution >= 0.6 is 0 Å². The van der Waals surface area contributed by atoms with Crippen molar-refractivity contribution in [3.8, 4) is 0 Å². The van der Waals surface area contributed by atoms with Gasteiger partial charge in [0.25, 0.3) is 0 Å². The van der Waals surface area contributed by atoms with Crippen molar-refractivity contribution in [2.24, 2.45) is 0 Å². The molecule has 0 spiro atoms. The molecule has 2 bridgehead atoms. The fraction of sp³-hybridized carbons (Fsp3) is 0.385. The Balaban J connectivity index is 2.23. The molecule has 0 aliphatic heterocycles. The third kappa shape index (κ3) is 0.810. The van der Waals surface area contributed by atoms with E-state index in [2.05, 4.69) is 37.3 Å². The lowest BCUT2D eigenvalue weighted by molar-refractivity contribution is 0.717. The Bertz CT molecular complexity index is 340. The van der Waals surface area contributed by atoms with Crippen LogP contribution in [0.2, 0.25) is 0 Å². The van der Waals surface area contributed by atoms with E-state index in [4.69, 9.17) is 0 Å². The van der Waals surface area contributed by atoms with E-state index in [1.54, 1.807) is 16.7 Å². The van der Waals surface area contributed by atoms with Crippen molar-refractivity contribution in [2.75, 3.05) is 0 Å². The Kier molecular flexibility index (Phi) is 1.40. The molecule has 0 aromatic heterocycles. The third-order valence-corrected chi connectivity index (χ3v) is 3.63. The van der Waals surface area contributed by atoms with Gasteiger partial charge in [-0.1, -0.05) is 35.9 Å². The molecule has 1 aromatic carbocycles. The lowest BCUT2D eigenvalue weighted by Gasteiger charge is -2.12. The van der Waals surface area contributed by atoms with E-state index in [9.17, 15) is 0 Å². The fourth-order valence-electron chi connectivity index (χ4n) is 3.13. The molecule has 0 amide bonds. The van der Waals surface area contributed by atoms with Crippen molar-refractivity contribution in [2.45, 2.75) is 31.6 Å². The number of fused-ring (bicyclic) bond motifs is 5. The summed E-state index contributed by atoms with van der Waals surface area (Å²) < 4.78 is 0. The molecule has 0 N–H and O–H groups in total. The summed E-state index contributed by atoms with van der Waals surface area (Å²) in [7, 11) is 0. The lowest BCUT2D eigenvalue weighted by atomic mass is 9.92. The van der Waals surface area contributed by atoms with E-state index in [-0.39, 0.29) is 0 Å². The fourth-order valence-corrected chi connectivity index (χ4v) is 3.13. The van der Waals surface area contributed by atoms with Crippen LogP contribution in [-0.4, -0.2) is 0 Å². The molecule has 0 nitrogen and oxygen atoms in total. The Morgan fingerprint density at radius 2 is 1.62 bits per heavy atom. The van der Waals surface area contributed by atoms with E-state index < -0.39 is 0 Å². The first-order valence-corrected chi connectivity index (χ1v) is 5.16. The average Bonchev–Trinajstić information content (AvgIpc) is 2.73. The predicted octanol–water partition coefficient (Wildman–Crippen LogP) is 3.61. The summed E-state index contributed by atoms with van der Waals surface area (Å²) >= 11 is 0. The van der Waals surface area contributed by atoms with Crippen LogP contribution in [0.5, 0.6) is 0 Å². The van der Waals surface area contributed by atoms with Gasteiger partial charge in [-0.2, -0.15) is 0 Å². The van der Waals surface area contributed by atoms with Crippen LogP contribution in [-0.2, 0) is 0 Å². The van der Waals surface area contributed by atoms with Gasteiger partial charge in [-0.05, 0) is 30.9 Å². The van der Waals surface area contributed by atoms with Gasteiger partial charge in [0.15, 0.2) is 0 Å². The topological polar surface area (TPSA) is 0 Å². The summed E-state index contributed by atoms with van der Waals surface area (Å²) in [5.74, 6) is 1.54. The van der Waals surface area contributed by atoms with E-state index in [0.29, 0.717) is 0 Å². The zero-order valence-corrected chi connectivity index (χ0v) is 7.96. The Morgan fingerprint density at radius 1 is 1.08 bits per heavy atom. The minimum absolute atomic E-state index is 0.770. The maximum atomic E-state index is 2.34. The second kappa shape index (κ2) is 2.47. The maximum Gasteiger partial charge on any atom is 0.00574 e.